The van der Waals surface area contributed by atoms with Crippen molar-refractivity contribution in [1.82, 2.24) is 5.32 Å². The molecule has 0 aromatic carbocycles. The molecule has 0 aliphatic heterocycles. The fraction of sp³-hybridized carbons (Fsp3) is 0.917. The van der Waals surface area contributed by atoms with Gasteiger partial charge in [0.05, 0.1) is 6.04 Å². The first-order valence-electron chi connectivity index (χ1n) is 6.20. The van der Waals surface area contributed by atoms with Gasteiger partial charge in [-0.3, -0.25) is 4.79 Å². The molecule has 0 aliphatic carbocycles. The van der Waals surface area contributed by atoms with Crippen LogP contribution in [0.15, 0.2) is 0 Å². The fourth-order valence-corrected chi connectivity index (χ4v) is 1.51. The minimum atomic E-state index is -0.420. The summed E-state index contributed by atoms with van der Waals surface area (Å²) in [5.41, 5.74) is 5.81. The number of hydrogen-bond donors (Lipinski definition) is 3. The molecule has 3 unspecified atom stereocenters. The van der Waals surface area contributed by atoms with Crippen molar-refractivity contribution >= 4 is 18.3 Å². The first-order valence-corrected chi connectivity index (χ1v) is 6.20. The van der Waals surface area contributed by atoms with Gasteiger partial charge in [-0.2, -0.15) is 0 Å². The third-order valence-electron chi connectivity index (χ3n) is 3.24. The van der Waals surface area contributed by atoms with Gasteiger partial charge in [0.2, 0.25) is 5.91 Å². The number of carbonyl (C=O) groups is 1. The smallest absolute Gasteiger partial charge is 0.237 e. The molecule has 0 aromatic rings. The molecule has 3 atom stereocenters. The van der Waals surface area contributed by atoms with Crippen LogP contribution in [0.4, 0.5) is 0 Å². The van der Waals surface area contributed by atoms with Crippen LogP contribution >= 0.6 is 12.4 Å². The Morgan fingerprint density at radius 2 is 1.94 bits per heavy atom. The number of nitrogens with one attached hydrogen (secondary N) is 1. The van der Waals surface area contributed by atoms with Crippen molar-refractivity contribution in [2.24, 2.45) is 17.6 Å². The largest absolute Gasteiger partial charge is 0.396 e. The molecule has 0 radical (unpaired) electrons. The van der Waals surface area contributed by atoms with Crippen LogP contribution in [0.25, 0.3) is 0 Å². The number of amides is 1. The van der Waals surface area contributed by atoms with E-state index in [1.165, 1.54) is 0 Å². The van der Waals surface area contributed by atoms with Gasteiger partial charge in [-0.05, 0) is 18.3 Å². The molecule has 0 rings (SSSR count). The zero-order chi connectivity index (χ0) is 12.6. The van der Waals surface area contributed by atoms with Gasteiger partial charge >= 0.3 is 0 Å². The van der Waals surface area contributed by atoms with Crippen LogP contribution in [0, 0.1) is 11.8 Å². The van der Waals surface area contributed by atoms with Gasteiger partial charge in [-0.1, -0.05) is 33.6 Å². The van der Waals surface area contributed by atoms with E-state index in [2.05, 4.69) is 12.2 Å². The highest BCUT2D eigenvalue weighted by atomic mass is 35.5. The Balaban J connectivity index is 0. The van der Waals surface area contributed by atoms with Gasteiger partial charge in [0.1, 0.15) is 0 Å². The summed E-state index contributed by atoms with van der Waals surface area (Å²) < 4.78 is 0. The zero-order valence-electron chi connectivity index (χ0n) is 11.1. The zero-order valence-corrected chi connectivity index (χ0v) is 11.9. The molecule has 0 saturated heterocycles. The molecule has 0 saturated carbocycles. The van der Waals surface area contributed by atoms with Crippen LogP contribution in [0.1, 0.15) is 40.0 Å². The second-order valence-corrected chi connectivity index (χ2v) is 4.44. The van der Waals surface area contributed by atoms with E-state index in [0.717, 1.165) is 19.3 Å². The third-order valence-corrected chi connectivity index (χ3v) is 3.24. The van der Waals surface area contributed by atoms with Gasteiger partial charge in [-0.25, -0.2) is 0 Å². The Bertz CT molecular complexity index is 203. The molecule has 0 aliphatic rings. The second-order valence-electron chi connectivity index (χ2n) is 4.44. The van der Waals surface area contributed by atoms with Gasteiger partial charge < -0.3 is 16.2 Å². The minimum absolute atomic E-state index is 0. The van der Waals surface area contributed by atoms with Crippen LogP contribution < -0.4 is 11.1 Å². The number of carbonyl (C=O) groups excluding carboxylic acids is 1. The van der Waals surface area contributed by atoms with Crippen molar-refractivity contribution in [2.45, 2.75) is 46.1 Å². The summed E-state index contributed by atoms with van der Waals surface area (Å²) in [5.74, 6) is 0.474. The lowest BCUT2D eigenvalue weighted by Gasteiger charge is -2.20. The molecular formula is C12H27ClN2O2. The number of rotatable bonds is 8. The minimum Gasteiger partial charge on any atom is -0.396 e. The summed E-state index contributed by atoms with van der Waals surface area (Å²) in [4.78, 5) is 11.7. The molecule has 104 valence electrons. The maximum absolute atomic E-state index is 11.7. The molecular weight excluding hydrogens is 240 g/mol. The number of nitrogens with two attached hydrogens (primary N) is 1. The van der Waals surface area contributed by atoms with E-state index >= 15 is 0 Å². The number of halogens is 1. The average molecular weight is 267 g/mol. The summed E-state index contributed by atoms with van der Waals surface area (Å²) in [5, 5.41) is 11.7. The van der Waals surface area contributed by atoms with Crippen molar-refractivity contribution < 1.29 is 9.90 Å². The molecule has 0 aromatic heterocycles. The Morgan fingerprint density at radius 3 is 2.35 bits per heavy atom. The van der Waals surface area contributed by atoms with Crippen LogP contribution in [0.2, 0.25) is 0 Å². The highest BCUT2D eigenvalue weighted by Crippen LogP contribution is 2.08. The quantitative estimate of drug-likeness (QED) is 0.620. The van der Waals surface area contributed by atoms with E-state index in [9.17, 15) is 4.79 Å². The average Bonchev–Trinajstić information content (AvgIpc) is 2.31. The van der Waals surface area contributed by atoms with E-state index in [0.29, 0.717) is 12.5 Å². The highest BCUT2D eigenvalue weighted by molar-refractivity contribution is 5.85. The Kier molecular flexibility index (Phi) is 12.1. The Labute approximate surface area is 111 Å². The maximum Gasteiger partial charge on any atom is 0.237 e. The molecule has 0 bridgehead atoms. The highest BCUT2D eigenvalue weighted by Gasteiger charge is 2.19. The second kappa shape index (κ2) is 10.8. The number of aliphatic hydroxyl groups is 1. The lowest BCUT2D eigenvalue weighted by Crippen LogP contribution is -2.45. The molecule has 0 fully saturated rings. The molecule has 1 amide bonds. The van der Waals surface area contributed by atoms with E-state index in [1.54, 1.807) is 0 Å². The first kappa shape index (κ1) is 19.0. The lowest BCUT2D eigenvalue weighted by atomic mass is 9.98. The number of aliphatic hydroxyl groups excluding tert-OH is 1. The maximum atomic E-state index is 11.7. The summed E-state index contributed by atoms with van der Waals surface area (Å²) in [6.45, 7) is 6.85. The molecule has 5 heteroatoms. The van der Waals surface area contributed by atoms with E-state index < -0.39 is 6.04 Å². The Morgan fingerprint density at radius 1 is 1.35 bits per heavy atom. The van der Waals surface area contributed by atoms with Crippen molar-refractivity contribution in [1.29, 1.82) is 0 Å². The predicted molar refractivity (Wildman–Crippen MR) is 73.2 cm³/mol. The molecule has 4 N–H and O–H groups in total. The van der Waals surface area contributed by atoms with Crippen LogP contribution in [0.5, 0.6) is 0 Å². The number of hydrogen-bond acceptors (Lipinski definition) is 3. The summed E-state index contributed by atoms with van der Waals surface area (Å²) in [6.07, 6.45) is 2.59. The van der Waals surface area contributed by atoms with E-state index in [1.807, 2.05) is 13.8 Å². The SMILES string of the molecule is CCC(CCO)CNC(=O)C(N)C(C)CC.Cl. The van der Waals surface area contributed by atoms with Crippen LogP contribution in [-0.2, 0) is 4.79 Å². The molecule has 0 spiro atoms. The van der Waals surface area contributed by atoms with Gasteiger partial charge in [-0.15, -0.1) is 12.4 Å². The standard InChI is InChI=1S/C12H26N2O2.ClH/c1-4-9(3)11(13)12(16)14-8-10(5-2)6-7-15;/h9-11,15H,4-8,13H2,1-3H3,(H,14,16);1H. The van der Waals surface area contributed by atoms with Crippen molar-refractivity contribution in [3.05, 3.63) is 0 Å². The van der Waals surface area contributed by atoms with Gasteiger partial charge in [0.25, 0.3) is 0 Å². The Hall–Kier alpha value is -0.320. The summed E-state index contributed by atoms with van der Waals surface area (Å²) >= 11 is 0. The van der Waals surface area contributed by atoms with Crippen molar-refractivity contribution in [3.63, 3.8) is 0 Å². The molecule has 17 heavy (non-hydrogen) atoms. The summed E-state index contributed by atoms with van der Waals surface area (Å²) in [6, 6.07) is -0.420. The molecule has 0 heterocycles. The lowest BCUT2D eigenvalue weighted by molar-refractivity contribution is -0.123. The summed E-state index contributed by atoms with van der Waals surface area (Å²) in [7, 11) is 0. The van der Waals surface area contributed by atoms with Gasteiger partial charge in [0.15, 0.2) is 0 Å². The fourth-order valence-electron chi connectivity index (χ4n) is 1.51. The first-order chi connectivity index (χ1) is 7.56. The van der Waals surface area contributed by atoms with Gasteiger partial charge in [0, 0.05) is 13.2 Å². The van der Waals surface area contributed by atoms with Crippen molar-refractivity contribution in [3.8, 4) is 0 Å². The molecule has 4 nitrogen and oxygen atoms in total. The van der Waals surface area contributed by atoms with Crippen LogP contribution in [0.3, 0.4) is 0 Å². The van der Waals surface area contributed by atoms with E-state index in [-0.39, 0.29) is 30.8 Å². The monoisotopic (exact) mass is 266 g/mol. The van der Waals surface area contributed by atoms with E-state index in [4.69, 9.17) is 10.8 Å². The van der Waals surface area contributed by atoms with Crippen LogP contribution in [-0.4, -0.2) is 30.2 Å². The normalized spacial score (nSPS) is 15.6. The topological polar surface area (TPSA) is 75.3 Å². The van der Waals surface area contributed by atoms with Crippen molar-refractivity contribution in [2.75, 3.05) is 13.2 Å². The predicted octanol–water partition coefficient (Wildman–Crippen LogP) is 1.31. The third kappa shape index (κ3) is 7.58.